The summed E-state index contributed by atoms with van der Waals surface area (Å²) in [4.78, 5) is 0. The lowest BCUT2D eigenvalue weighted by molar-refractivity contribution is 0.0255. The van der Waals surface area contributed by atoms with Crippen LogP contribution < -0.4 is 5.32 Å². The van der Waals surface area contributed by atoms with Gasteiger partial charge in [-0.1, -0.05) is 25.1 Å². The first kappa shape index (κ1) is 11.4. The Morgan fingerprint density at radius 2 is 2.31 bits per heavy atom. The highest BCUT2D eigenvalue weighted by Crippen LogP contribution is 2.22. The van der Waals surface area contributed by atoms with Crippen LogP contribution in [0.15, 0.2) is 24.3 Å². The van der Waals surface area contributed by atoms with E-state index >= 15 is 0 Å². The molecule has 0 aliphatic carbocycles. The molecular weight excluding hydrogens is 202 g/mol. The smallest absolute Gasteiger partial charge is 0.0788 e. The molecular formula is C13H19NO2. The maximum Gasteiger partial charge on any atom is 0.0788 e. The Hall–Kier alpha value is -1.06. The number of aliphatic hydroxyl groups excluding tert-OH is 1. The zero-order chi connectivity index (χ0) is 11.4. The highest BCUT2D eigenvalue weighted by molar-refractivity contribution is 5.53. The average molecular weight is 221 g/mol. The van der Waals surface area contributed by atoms with E-state index in [1.165, 1.54) is 11.3 Å². The molecule has 88 valence electrons. The molecule has 1 heterocycles. The van der Waals surface area contributed by atoms with Gasteiger partial charge in [0.25, 0.3) is 0 Å². The van der Waals surface area contributed by atoms with Gasteiger partial charge in [-0.3, -0.25) is 0 Å². The van der Waals surface area contributed by atoms with Crippen molar-refractivity contribution >= 4 is 5.69 Å². The number of hydrogen-bond acceptors (Lipinski definition) is 3. The van der Waals surface area contributed by atoms with Crippen molar-refractivity contribution in [1.82, 2.24) is 0 Å². The lowest BCUT2D eigenvalue weighted by Crippen LogP contribution is -2.32. The molecule has 16 heavy (non-hydrogen) atoms. The lowest BCUT2D eigenvalue weighted by Gasteiger charge is -2.27. The number of benzene rings is 1. The maximum atomic E-state index is 8.93. The molecule has 2 atom stereocenters. The van der Waals surface area contributed by atoms with Gasteiger partial charge in [0, 0.05) is 31.2 Å². The van der Waals surface area contributed by atoms with Gasteiger partial charge in [-0.15, -0.1) is 0 Å². The summed E-state index contributed by atoms with van der Waals surface area (Å²) >= 11 is 0. The maximum absolute atomic E-state index is 8.93. The molecule has 1 aliphatic heterocycles. The van der Waals surface area contributed by atoms with Crippen molar-refractivity contribution in [2.75, 3.05) is 25.1 Å². The molecule has 0 saturated carbocycles. The summed E-state index contributed by atoms with van der Waals surface area (Å²) in [6.07, 6.45) is 1.19. The van der Waals surface area contributed by atoms with Gasteiger partial charge in [0.2, 0.25) is 0 Å². The number of hydrogen-bond donors (Lipinski definition) is 2. The zero-order valence-corrected chi connectivity index (χ0v) is 9.65. The van der Waals surface area contributed by atoms with Crippen LogP contribution in [0.4, 0.5) is 5.69 Å². The van der Waals surface area contributed by atoms with E-state index in [0.29, 0.717) is 6.61 Å². The minimum Gasteiger partial charge on any atom is -0.396 e. The molecule has 0 aromatic heterocycles. The molecule has 0 saturated heterocycles. The van der Waals surface area contributed by atoms with Crippen LogP contribution in [0.25, 0.3) is 0 Å². The van der Waals surface area contributed by atoms with Crippen LogP contribution >= 0.6 is 0 Å². The van der Waals surface area contributed by atoms with Gasteiger partial charge in [-0.05, 0) is 11.6 Å². The average Bonchev–Trinajstić information content (AvgIpc) is 2.35. The molecule has 3 nitrogen and oxygen atoms in total. The third-order valence-corrected chi connectivity index (χ3v) is 2.91. The molecule has 0 amide bonds. The van der Waals surface area contributed by atoms with Crippen molar-refractivity contribution in [3.8, 4) is 0 Å². The molecule has 0 bridgehead atoms. The predicted molar refractivity (Wildman–Crippen MR) is 64.6 cm³/mol. The van der Waals surface area contributed by atoms with Crippen LogP contribution in [0.5, 0.6) is 0 Å². The SMILES string of the molecule is CC(CO)COC1CNc2ccccc2C1. The normalized spacial score (nSPS) is 21.0. The van der Waals surface area contributed by atoms with Gasteiger partial charge in [0.1, 0.15) is 0 Å². The van der Waals surface area contributed by atoms with Crippen LogP contribution in [0.2, 0.25) is 0 Å². The standard InChI is InChI=1S/C13H19NO2/c1-10(8-15)9-16-12-6-11-4-2-3-5-13(11)14-7-12/h2-5,10,12,14-15H,6-9H2,1H3. The fourth-order valence-electron chi connectivity index (χ4n) is 1.88. The highest BCUT2D eigenvalue weighted by atomic mass is 16.5. The third kappa shape index (κ3) is 2.74. The van der Waals surface area contributed by atoms with E-state index in [9.17, 15) is 0 Å². The summed E-state index contributed by atoms with van der Waals surface area (Å²) < 4.78 is 5.77. The monoisotopic (exact) mass is 221 g/mol. The van der Waals surface area contributed by atoms with Crippen molar-refractivity contribution in [1.29, 1.82) is 0 Å². The lowest BCUT2D eigenvalue weighted by atomic mass is 10.0. The quantitative estimate of drug-likeness (QED) is 0.812. The van der Waals surface area contributed by atoms with Crippen molar-refractivity contribution in [3.63, 3.8) is 0 Å². The van der Waals surface area contributed by atoms with E-state index in [-0.39, 0.29) is 18.6 Å². The number of aliphatic hydroxyl groups is 1. The number of para-hydroxylation sites is 1. The topological polar surface area (TPSA) is 41.5 Å². The van der Waals surface area contributed by atoms with Crippen molar-refractivity contribution < 1.29 is 9.84 Å². The van der Waals surface area contributed by atoms with E-state index in [0.717, 1.165) is 13.0 Å². The molecule has 2 unspecified atom stereocenters. The Morgan fingerprint density at radius 1 is 1.50 bits per heavy atom. The number of ether oxygens (including phenoxy) is 1. The number of anilines is 1. The Kier molecular flexibility index (Phi) is 3.80. The highest BCUT2D eigenvalue weighted by Gasteiger charge is 2.18. The first-order valence-electron chi connectivity index (χ1n) is 5.84. The van der Waals surface area contributed by atoms with Gasteiger partial charge in [-0.25, -0.2) is 0 Å². The van der Waals surface area contributed by atoms with Crippen LogP contribution in [-0.4, -0.2) is 31.0 Å². The fourth-order valence-corrected chi connectivity index (χ4v) is 1.88. The van der Waals surface area contributed by atoms with E-state index in [1.54, 1.807) is 0 Å². The summed E-state index contributed by atoms with van der Waals surface area (Å²) in [7, 11) is 0. The van der Waals surface area contributed by atoms with E-state index in [1.807, 2.05) is 13.0 Å². The minimum absolute atomic E-state index is 0.191. The van der Waals surface area contributed by atoms with E-state index in [4.69, 9.17) is 9.84 Å². The molecule has 0 radical (unpaired) electrons. The van der Waals surface area contributed by atoms with Crippen molar-refractivity contribution in [2.45, 2.75) is 19.4 Å². The Labute approximate surface area is 96.4 Å². The van der Waals surface area contributed by atoms with Gasteiger partial charge >= 0.3 is 0 Å². The number of nitrogens with one attached hydrogen (secondary N) is 1. The van der Waals surface area contributed by atoms with Gasteiger partial charge in [-0.2, -0.15) is 0 Å². The third-order valence-electron chi connectivity index (χ3n) is 2.91. The van der Waals surface area contributed by atoms with Crippen LogP contribution in [0.1, 0.15) is 12.5 Å². The largest absolute Gasteiger partial charge is 0.396 e. The second-order valence-corrected chi connectivity index (χ2v) is 4.49. The Balaban J connectivity index is 1.88. The molecule has 3 heteroatoms. The van der Waals surface area contributed by atoms with Crippen molar-refractivity contribution in [3.05, 3.63) is 29.8 Å². The van der Waals surface area contributed by atoms with Crippen LogP contribution in [0, 0.1) is 5.92 Å². The first-order valence-corrected chi connectivity index (χ1v) is 5.84. The van der Waals surface area contributed by atoms with Gasteiger partial charge in [0.05, 0.1) is 12.7 Å². The first-order chi connectivity index (χ1) is 7.79. The number of fused-ring (bicyclic) bond motifs is 1. The fraction of sp³-hybridized carbons (Fsp3) is 0.538. The molecule has 1 aliphatic rings. The molecule has 2 N–H and O–H groups in total. The summed E-state index contributed by atoms with van der Waals surface area (Å²) in [6, 6.07) is 8.33. The van der Waals surface area contributed by atoms with Gasteiger partial charge in [0.15, 0.2) is 0 Å². The summed E-state index contributed by atoms with van der Waals surface area (Å²) in [6.45, 7) is 3.67. The predicted octanol–water partition coefficient (Wildman–Crippen LogP) is 1.67. The molecule has 1 aromatic carbocycles. The summed E-state index contributed by atoms with van der Waals surface area (Å²) in [5.74, 6) is 0.220. The van der Waals surface area contributed by atoms with Crippen LogP contribution in [0.3, 0.4) is 0 Å². The minimum atomic E-state index is 0.191. The van der Waals surface area contributed by atoms with Gasteiger partial charge < -0.3 is 15.2 Å². The second-order valence-electron chi connectivity index (χ2n) is 4.49. The van der Waals surface area contributed by atoms with Crippen molar-refractivity contribution in [2.24, 2.45) is 5.92 Å². The number of rotatable bonds is 4. The summed E-state index contributed by atoms with van der Waals surface area (Å²) in [5, 5.41) is 12.3. The summed E-state index contributed by atoms with van der Waals surface area (Å²) in [5.41, 5.74) is 2.54. The van der Waals surface area contributed by atoms with E-state index < -0.39 is 0 Å². The Morgan fingerprint density at radius 3 is 3.12 bits per heavy atom. The van der Waals surface area contributed by atoms with E-state index in [2.05, 4.69) is 23.5 Å². The van der Waals surface area contributed by atoms with Crippen LogP contribution in [-0.2, 0) is 11.2 Å². The molecule has 0 fully saturated rings. The molecule has 0 spiro atoms. The zero-order valence-electron chi connectivity index (χ0n) is 9.65. The second kappa shape index (κ2) is 5.32. The molecule has 2 rings (SSSR count). The Bertz CT molecular complexity index is 340. The molecule has 1 aromatic rings.